The maximum absolute atomic E-state index is 7.05. The van der Waals surface area contributed by atoms with Gasteiger partial charge in [0.15, 0.2) is 0 Å². The summed E-state index contributed by atoms with van der Waals surface area (Å²) < 4.78 is 5.05. The molecule has 0 bridgehead atoms. The standard InChI is InChI=1S/C51H39N3S/c1-31(32-11-3-2-4-12-32)53-47(34-21-24-40-39-26-25-38(39)36-13-5-6-14-37(36)45(40)29-34)30-46(52)33-19-22-35(23-20-33)54-48-17-9-7-15-41(48)43-27-28-44-42-16-8-10-18-49(42)55-51(44)50(43)54/h2-24,27-31,38-39H,25-26,52H2,1H3/b46-30-,53-47?. The van der Waals surface area contributed by atoms with Gasteiger partial charge in [-0.2, -0.15) is 0 Å². The zero-order chi connectivity index (χ0) is 36.6. The van der Waals surface area contributed by atoms with E-state index >= 15 is 0 Å². The monoisotopic (exact) mass is 725 g/mol. The van der Waals surface area contributed by atoms with Crippen molar-refractivity contribution in [1.29, 1.82) is 0 Å². The van der Waals surface area contributed by atoms with E-state index in [0.717, 1.165) is 22.5 Å². The minimum Gasteiger partial charge on any atom is -0.398 e. The van der Waals surface area contributed by atoms with E-state index in [4.69, 9.17) is 10.7 Å². The molecule has 0 radical (unpaired) electrons. The van der Waals surface area contributed by atoms with Crippen LogP contribution in [0.1, 0.15) is 65.5 Å². The summed E-state index contributed by atoms with van der Waals surface area (Å²) in [6.07, 6.45) is 4.61. The second-order valence-corrected chi connectivity index (χ2v) is 16.3. The molecular formula is C51H39N3S. The highest BCUT2D eigenvalue weighted by atomic mass is 32.1. The summed E-state index contributed by atoms with van der Waals surface area (Å²) in [4.78, 5) is 5.37. The number of nitrogens with two attached hydrogens (primary N) is 1. The van der Waals surface area contributed by atoms with Crippen molar-refractivity contribution in [2.75, 3.05) is 0 Å². The van der Waals surface area contributed by atoms with Gasteiger partial charge in [0.05, 0.1) is 27.5 Å². The third-order valence-corrected chi connectivity index (χ3v) is 13.4. The van der Waals surface area contributed by atoms with Crippen LogP contribution in [-0.4, -0.2) is 10.3 Å². The van der Waals surface area contributed by atoms with Crippen molar-refractivity contribution >= 4 is 64.7 Å². The molecular weight excluding hydrogens is 687 g/mol. The zero-order valence-electron chi connectivity index (χ0n) is 30.6. The molecule has 2 aliphatic rings. The molecule has 1 saturated carbocycles. The molecule has 0 amide bonds. The number of rotatable bonds is 6. The first-order valence-corrected chi connectivity index (χ1v) is 20.2. The number of nitrogens with zero attached hydrogens (tertiary/aromatic N) is 2. The smallest absolute Gasteiger partial charge is 0.0728 e. The molecule has 2 aromatic heterocycles. The van der Waals surface area contributed by atoms with E-state index in [1.165, 1.54) is 82.6 Å². The van der Waals surface area contributed by atoms with Gasteiger partial charge >= 0.3 is 0 Å². The number of hydrogen-bond acceptors (Lipinski definition) is 3. The molecule has 3 atom stereocenters. The predicted molar refractivity (Wildman–Crippen MR) is 234 cm³/mol. The molecule has 7 aromatic carbocycles. The lowest BCUT2D eigenvalue weighted by atomic mass is 9.61. The van der Waals surface area contributed by atoms with E-state index in [2.05, 4.69) is 175 Å². The summed E-state index contributed by atoms with van der Waals surface area (Å²) in [7, 11) is 0. The van der Waals surface area contributed by atoms with Crippen LogP contribution in [0.15, 0.2) is 169 Å². The maximum Gasteiger partial charge on any atom is 0.0728 e. The molecule has 9 aromatic rings. The highest BCUT2D eigenvalue weighted by Gasteiger charge is 2.39. The quantitative estimate of drug-likeness (QED) is 0.170. The summed E-state index contributed by atoms with van der Waals surface area (Å²) >= 11 is 1.88. The summed E-state index contributed by atoms with van der Waals surface area (Å²) in [5.74, 6) is 1.24. The number of thiophene rings is 1. The van der Waals surface area contributed by atoms with Gasteiger partial charge in [-0.3, -0.25) is 4.99 Å². The Bertz CT molecular complexity index is 3020. The topological polar surface area (TPSA) is 43.3 Å². The second-order valence-electron chi connectivity index (χ2n) is 15.2. The first kappa shape index (κ1) is 32.2. The summed E-state index contributed by atoms with van der Waals surface area (Å²) in [5, 5.41) is 5.14. The van der Waals surface area contributed by atoms with Crippen LogP contribution in [0.2, 0.25) is 0 Å². The van der Waals surface area contributed by atoms with Gasteiger partial charge < -0.3 is 10.3 Å². The molecule has 2 aliphatic carbocycles. The van der Waals surface area contributed by atoms with Gasteiger partial charge in [-0.05, 0) is 101 Å². The van der Waals surface area contributed by atoms with Crippen molar-refractivity contribution < 1.29 is 0 Å². The van der Waals surface area contributed by atoms with Crippen LogP contribution in [0.3, 0.4) is 0 Å². The minimum absolute atomic E-state index is 0.0389. The van der Waals surface area contributed by atoms with Crippen LogP contribution < -0.4 is 5.73 Å². The maximum atomic E-state index is 7.05. The number of para-hydroxylation sites is 1. The molecule has 4 heteroatoms. The van der Waals surface area contributed by atoms with Gasteiger partial charge in [-0.1, -0.05) is 127 Å². The average molecular weight is 726 g/mol. The van der Waals surface area contributed by atoms with Gasteiger partial charge in [-0.25, -0.2) is 0 Å². The summed E-state index contributed by atoms with van der Waals surface area (Å²) in [5.41, 5.74) is 21.1. The average Bonchev–Trinajstić information content (AvgIpc) is 3.77. The fraction of sp³-hybridized carbons (Fsp3) is 0.118. The molecule has 1 fully saturated rings. The molecule has 0 spiro atoms. The Kier molecular flexibility index (Phi) is 7.43. The van der Waals surface area contributed by atoms with Crippen LogP contribution in [0.4, 0.5) is 0 Å². The fourth-order valence-corrected chi connectivity index (χ4v) is 10.6. The van der Waals surface area contributed by atoms with Crippen molar-refractivity contribution in [3.8, 4) is 16.8 Å². The lowest BCUT2D eigenvalue weighted by Crippen LogP contribution is -2.26. The van der Waals surface area contributed by atoms with E-state index in [1.54, 1.807) is 0 Å². The van der Waals surface area contributed by atoms with Crippen molar-refractivity contribution in [3.05, 3.63) is 192 Å². The lowest BCUT2D eigenvalue weighted by Gasteiger charge is -2.43. The number of allylic oxidation sites excluding steroid dienone is 1. The second kappa shape index (κ2) is 12.7. The predicted octanol–water partition coefficient (Wildman–Crippen LogP) is 13.3. The number of benzene rings is 7. The van der Waals surface area contributed by atoms with Crippen LogP contribution in [0.5, 0.6) is 0 Å². The van der Waals surface area contributed by atoms with Gasteiger partial charge in [0.2, 0.25) is 0 Å². The Morgan fingerprint density at radius 2 is 1.33 bits per heavy atom. The van der Waals surface area contributed by atoms with E-state index in [0.29, 0.717) is 17.5 Å². The van der Waals surface area contributed by atoms with Crippen molar-refractivity contribution in [2.45, 2.75) is 37.6 Å². The molecule has 2 heterocycles. The van der Waals surface area contributed by atoms with Crippen molar-refractivity contribution in [1.82, 2.24) is 4.57 Å². The van der Waals surface area contributed by atoms with Crippen molar-refractivity contribution in [3.63, 3.8) is 0 Å². The van der Waals surface area contributed by atoms with Crippen LogP contribution in [0, 0.1) is 0 Å². The largest absolute Gasteiger partial charge is 0.398 e. The highest BCUT2D eigenvalue weighted by molar-refractivity contribution is 7.26. The van der Waals surface area contributed by atoms with E-state index in [1.807, 2.05) is 11.3 Å². The van der Waals surface area contributed by atoms with Crippen molar-refractivity contribution in [2.24, 2.45) is 10.7 Å². The molecule has 3 unspecified atom stereocenters. The number of aliphatic imine (C=N–C) groups is 1. The first-order chi connectivity index (χ1) is 27.1. The van der Waals surface area contributed by atoms with Gasteiger partial charge in [0, 0.05) is 43.2 Å². The lowest BCUT2D eigenvalue weighted by molar-refractivity contribution is 0.343. The Morgan fingerprint density at radius 3 is 2.15 bits per heavy atom. The molecule has 3 nitrogen and oxygen atoms in total. The summed E-state index contributed by atoms with van der Waals surface area (Å²) in [6, 6.07) is 57.3. The molecule has 55 heavy (non-hydrogen) atoms. The highest BCUT2D eigenvalue weighted by Crippen LogP contribution is 2.57. The van der Waals surface area contributed by atoms with Crippen LogP contribution >= 0.6 is 11.3 Å². The molecule has 0 aliphatic heterocycles. The Morgan fingerprint density at radius 1 is 0.655 bits per heavy atom. The van der Waals surface area contributed by atoms with E-state index in [-0.39, 0.29) is 6.04 Å². The minimum atomic E-state index is -0.0389. The third-order valence-electron chi connectivity index (χ3n) is 12.2. The van der Waals surface area contributed by atoms with E-state index < -0.39 is 0 Å². The third kappa shape index (κ3) is 5.12. The summed E-state index contributed by atoms with van der Waals surface area (Å²) in [6.45, 7) is 2.17. The normalized spacial score (nSPS) is 17.3. The Hall–Kier alpha value is -6.23. The van der Waals surface area contributed by atoms with E-state index in [9.17, 15) is 0 Å². The van der Waals surface area contributed by atoms with Gasteiger partial charge in [0.25, 0.3) is 0 Å². The van der Waals surface area contributed by atoms with Gasteiger partial charge in [0.1, 0.15) is 0 Å². The molecule has 264 valence electrons. The van der Waals surface area contributed by atoms with Gasteiger partial charge in [-0.15, -0.1) is 11.3 Å². The number of fused-ring (bicyclic) bond motifs is 13. The Labute approximate surface area is 324 Å². The first-order valence-electron chi connectivity index (χ1n) is 19.4. The number of hydrogen-bond donors (Lipinski definition) is 1. The molecule has 11 rings (SSSR count). The van der Waals surface area contributed by atoms with Crippen LogP contribution in [0.25, 0.3) is 64.5 Å². The SMILES string of the molecule is CC(N=C(/C=C(\N)c1ccc(-n2c3ccccc3c3ccc4c5ccccc5sc4c32)cc1)c1ccc2c(c1)-c1ccccc1C1CCC21)c1ccccc1. The zero-order valence-corrected chi connectivity index (χ0v) is 31.4. The molecule has 2 N–H and O–H groups in total. The van der Waals surface area contributed by atoms with Crippen LogP contribution in [-0.2, 0) is 0 Å². The Balaban J connectivity index is 1.02. The fourth-order valence-electron chi connectivity index (χ4n) is 9.32. The molecule has 0 saturated heterocycles. The number of aromatic nitrogens is 1.